The summed E-state index contributed by atoms with van der Waals surface area (Å²) in [6.45, 7) is 7.69. The summed E-state index contributed by atoms with van der Waals surface area (Å²) >= 11 is 0. The van der Waals surface area contributed by atoms with Crippen molar-refractivity contribution in [1.29, 1.82) is 0 Å². The van der Waals surface area contributed by atoms with Crippen molar-refractivity contribution in [2.75, 3.05) is 19.8 Å². The van der Waals surface area contributed by atoms with Gasteiger partial charge in [-0.15, -0.1) is 0 Å². The number of aromatic amines is 2. The monoisotopic (exact) mass is 391 g/mol. The largest absolute Gasteiger partial charge is 0.381 e. The Kier molecular flexibility index (Phi) is 6.22. The molecule has 3 N–H and O–H groups in total. The van der Waals surface area contributed by atoms with Gasteiger partial charge in [-0.3, -0.25) is 0 Å². The van der Waals surface area contributed by atoms with Gasteiger partial charge in [0.05, 0.1) is 5.52 Å². The average Bonchev–Trinajstić information content (AvgIpc) is 3.31. The third-order valence-corrected chi connectivity index (χ3v) is 5.10. The second kappa shape index (κ2) is 9.20. The summed E-state index contributed by atoms with van der Waals surface area (Å²) in [7, 11) is 0. The highest BCUT2D eigenvalue weighted by Crippen LogP contribution is 2.29. The number of ether oxygens (including phenoxy) is 1. The molecule has 0 bridgehead atoms. The quantitative estimate of drug-likeness (QED) is 0.342. The van der Waals surface area contributed by atoms with Crippen LogP contribution >= 0.6 is 0 Å². The highest BCUT2D eigenvalue weighted by Gasteiger charge is 2.11. The van der Waals surface area contributed by atoms with E-state index in [4.69, 9.17) is 4.74 Å². The molecule has 0 aliphatic rings. The van der Waals surface area contributed by atoms with Crippen molar-refractivity contribution in [3.8, 4) is 11.3 Å². The van der Waals surface area contributed by atoms with Crippen LogP contribution in [0.1, 0.15) is 37.6 Å². The normalized spacial score (nSPS) is 11.7. The summed E-state index contributed by atoms with van der Waals surface area (Å²) in [5.74, 6) is 0.875. The number of aromatic nitrogens is 4. The van der Waals surface area contributed by atoms with Crippen LogP contribution < -0.4 is 5.32 Å². The van der Waals surface area contributed by atoms with E-state index in [1.807, 2.05) is 19.2 Å². The number of nitrogens with zero attached hydrogens (tertiary/aromatic N) is 2. The highest BCUT2D eigenvalue weighted by atomic mass is 16.5. The standard InChI is InChI=1S/C23H29N5O/c1-3-4-11-29-12-5-9-24-15-17-6-7-20-18(13-17)14-21(28-20)19-8-10-25-23-22(19)26-16(2)27-23/h6-8,10,13-14,24,28H,3-5,9,11-12,15H2,1-2H3,(H,25,26,27). The van der Waals surface area contributed by atoms with Crippen LogP contribution in [0.15, 0.2) is 36.5 Å². The molecular weight excluding hydrogens is 362 g/mol. The fraction of sp³-hybridized carbons (Fsp3) is 0.391. The Balaban J connectivity index is 1.40. The highest BCUT2D eigenvalue weighted by molar-refractivity contribution is 5.94. The number of H-pyrrole nitrogens is 2. The Morgan fingerprint density at radius 1 is 1.07 bits per heavy atom. The molecule has 0 aliphatic heterocycles. The second-order valence-corrected chi connectivity index (χ2v) is 7.48. The number of imidazole rings is 1. The van der Waals surface area contributed by atoms with E-state index in [1.54, 1.807) is 0 Å². The molecule has 0 saturated carbocycles. The number of hydrogen-bond acceptors (Lipinski definition) is 4. The molecule has 0 radical (unpaired) electrons. The Labute approximate surface area is 171 Å². The predicted octanol–water partition coefficient (Wildman–Crippen LogP) is 4.71. The first kappa shape index (κ1) is 19.6. The first-order valence-electron chi connectivity index (χ1n) is 10.5. The Morgan fingerprint density at radius 3 is 2.86 bits per heavy atom. The number of nitrogens with one attached hydrogen (secondary N) is 3. The third kappa shape index (κ3) is 4.66. The third-order valence-electron chi connectivity index (χ3n) is 5.10. The number of rotatable bonds is 10. The molecule has 0 unspecified atom stereocenters. The van der Waals surface area contributed by atoms with E-state index in [9.17, 15) is 0 Å². The minimum atomic E-state index is 0.752. The van der Waals surface area contributed by atoms with Crippen LogP contribution in [0.3, 0.4) is 0 Å². The average molecular weight is 392 g/mol. The molecule has 152 valence electrons. The zero-order valence-electron chi connectivity index (χ0n) is 17.2. The van der Waals surface area contributed by atoms with Crippen molar-refractivity contribution < 1.29 is 4.74 Å². The molecule has 0 atom stereocenters. The Bertz CT molecular complexity index is 1080. The number of benzene rings is 1. The van der Waals surface area contributed by atoms with E-state index in [0.29, 0.717) is 0 Å². The molecule has 0 aliphatic carbocycles. The van der Waals surface area contributed by atoms with Crippen molar-refractivity contribution in [3.05, 3.63) is 47.9 Å². The van der Waals surface area contributed by atoms with E-state index in [1.165, 1.54) is 17.4 Å². The summed E-state index contributed by atoms with van der Waals surface area (Å²) in [6.07, 6.45) is 5.19. The lowest BCUT2D eigenvalue weighted by Crippen LogP contribution is -2.16. The minimum Gasteiger partial charge on any atom is -0.381 e. The topological polar surface area (TPSA) is 78.6 Å². The van der Waals surface area contributed by atoms with Gasteiger partial charge >= 0.3 is 0 Å². The lowest BCUT2D eigenvalue weighted by Gasteiger charge is -2.06. The number of unbranched alkanes of at least 4 members (excludes halogenated alkanes) is 1. The molecule has 4 aromatic rings. The van der Waals surface area contributed by atoms with Crippen molar-refractivity contribution in [3.63, 3.8) is 0 Å². The maximum Gasteiger partial charge on any atom is 0.178 e. The van der Waals surface area contributed by atoms with E-state index >= 15 is 0 Å². The van der Waals surface area contributed by atoms with Gasteiger partial charge < -0.3 is 20.0 Å². The maximum atomic E-state index is 5.61. The Morgan fingerprint density at radius 2 is 1.97 bits per heavy atom. The zero-order chi connectivity index (χ0) is 20.1. The fourth-order valence-corrected chi connectivity index (χ4v) is 3.57. The minimum absolute atomic E-state index is 0.752. The molecule has 4 rings (SSSR count). The molecule has 3 aromatic heterocycles. The van der Waals surface area contributed by atoms with Gasteiger partial charge in [0, 0.05) is 48.1 Å². The molecule has 1 aromatic carbocycles. The Hall–Kier alpha value is -2.70. The van der Waals surface area contributed by atoms with Gasteiger partial charge in [-0.1, -0.05) is 19.4 Å². The molecule has 0 saturated heterocycles. The SMILES string of the molecule is CCCCOCCCNCc1ccc2[nH]c(-c3ccnc4nc(C)[nH]c34)cc2c1. The number of pyridine rings is 1. The molecule has 3 heterocycles. The summed E-state index contributed by atoms with van der Waals surface area (Å²) in [4.78, 5) is 15.6. The maximum absolute atomic E-state index is 5.61. The van der Waals surface area contributed by atoms with Crippen LogP contribution in [-0.4, -0.2) is 39.7 Å². The molecule has 0 fully saturated rings. The zero-order valence-corrected chi connectivity index (χ0v) is 17.2. The summed E-state index contributed by atoms with van der Waals surface area (Å²) in [6, 6.07) is 10.8. The van der Waals surface area contributed by atoms with E-state index in [2.05, 4.69) is 56.4 Å². The van der Waals surface area contributed by atoms with Crippen LogP contribution in [-0.2, 0) is 11.3 Å². The van der Waals surface area contributed by atoms with E-state index in [-0.39, 0.29) is 0 Å². The fourth-order valence-electron chi connectivity index (χ4n) is 3.57. The van der Waals surface area contributed by atoms with E-state index < -0.39 is 0 Å². The molecule has 0 amide bonds. The summed E-state index contributed by atoms with van der Waals surface area (Å²) < 4.78 is 5.61. The summed E-state index contributed by atoms with van der Waals surface area (Å²) in [5, 5.41) is 4.72. The van der Waals surface area contributed by atoms with E-state index in [0.717, 1.165) is 72.9 Å². The predicted molar refractivity (Wildman–Crippen MR) is 118 cm³/mol. The van der Waals surface area contributed by atoms with Crippen LogP contribution in [0.2, 0.25) is 0 Å². The van der Waals surface area contributed by atoms with Gasteiger partial charge in [0.25, 0.3) is 0 Å². The lowest BCUT2D eigenvalue weighted by molar-refractivity contribution is 0.129. The molecule has 0 spiro atoms. The van der Waals surface area contributed by atoms with Crippen LogP contribution in [0.25, 0.3) is 33.3 Å². The van der Waals surface area contributed by atoms with Gasteiger partial charge in [-0.2, -0.15) is 0 Å². The van der Waals surface area contributed by atoms with Gasteiger partial charge in [0.15, 0.2) is 5.65 Å². The summed E-state index contributed by atoms with van der Waals surface area (Å²) in [5.41, 5.74) is 6.31. The molecule has 6 nitrogen and oxygen atoms in total. The van der Waals surface area contributed by atoms with Gasteiger partial charge in [0.1, 0.15) is 5.82 Å². The van der Waals surface area contributed by atoms with Gasteiger partial charge in [0.2, 0.25) is 0 Å². The number of fused-ring (bicyclic) bond motifs is 2. The molecule has 6 heteroatoms. The smallest absolute Gasteiger partial charge is 0.178 e. The lowest BCUT2D eigenvalue weighted by atomic mass is 10.1. The molecular formula is C23H29N5O. The number of aryl methyl sites for hydroxylation is 1. The molecule has 29 heavy (non-hydrogen) atoms. The van der Waals surface area contributed by atoms with Crippen molar-refractivity contribution in [1.82, 2.24) is 25.3 Å². The van der Waals surface area contributed by atoms with Crippen LogP contribution in [0.5, 0.6) is 0 Å². The van der Waals surface area contributed by atoms with Crippen molar-refractivity contribution in [2.24, 2.45) is 0 Å². The van der Waals surface area contributed by atoms with Crippen LogP contribution in [0, 0.1) is 6.92 Å². The van der Waals surface area contributed by atoms with Crippen molar-refractivity contribution >= 4 is 22.1 Å². The van der Waals surface area contributed by atoms with Gasteiger partial charge in [-0.25, -0.2) is 9.97 Å². The first-order valence-corrected chi connectivity index (χ1v) is 10.5. The second-order valence-electron chi connectivity index (χ2n) is 7.48. The first-order chi connectivity index (χ1) is 14.2. The number of hydrogen-bond donors (Lipinski definition) is 3. The van der Waals surface area contributed by atoms with Gasteiger partial charge in [-0.05, 0) is 56.1 Å². The van der Waals surface area contributed by atoms with Crippen molar-refractivity contribution in [2.45, 2.75) is 39.7 Å². The van der Waals surface area contributed by atoms with Crippen LogP contribution in [0.4, 0.5) is 0 Å².